The zero-order valence-electron chi connectivity index (χ0n) is 19.8. The maximum atomic E-state index is 13.5. The zero-order chi connectivity index (χ0) is 24.3. The third-order valence-corrected chi connectivity index (χ3v) is 8.81. The zero-order valence-corrected chi connectivity index (χ0v) is 20.6. The van der Waals surface area contributed by atoms with Crippen molar-refractivity contribution in [3.63, 3.8) is 0 Å². The highest BCUT2D eigenvalue weighted by molar-refractivity contribution is 7.91. The smallest absolute Gasteiger partial charge is 0.251 e. The first-order chi connectivity index (χ1) is 16.0. The molecule has 8 heteroatoms. The van der Waals surface area contributed by atoms with E-state index in [2.05, 4.69) is 5.32 Å². The number of amides is 2. The number of carbonyl (C=O) groups excluding carboxylic acids is 2. The first-order valence-electron chi connectivity index (χ1n) is 11.8. The fourth-order valence-corrected chi connectivity index (χ4v) is 6.39. The van der Waals surface area contributed by atoms with Gasteiger partial charge in [0.15, 0.2) is 0 Å². The lowest BCUT2D eigenvalue weighted by molar-refractivity contribution is -0.121. The van der Waals surface area contributed by atoms with Gasteiger partial charge in [0, 0.05) is 17.2 Å². The van der Waals surface area contributed by atoms with E-state index in [1.165, 1.54) is 0 Å². The van der Waals surface area contributed by atoms with E-state index in [1.807, 2.05) is 51.1 Å². The van der Waals surface area contributed by atoms with E-state index in [4.69, 9.17) is 4.74 Å². The van der Waals surface area contributed by atoms with Crippen molar-refractivity contribution in [2.24, 2.45) is 0 Å². The molecule has 0 bridgehead atoms. The Morgan fingerprint density at radius 3 is 2.44 bits per heavy atom. The average molecular weight is 483 g/mol. The van der Waals surface area contributed by atoms with Crippen LogP contribution < -0.4 is 15.0 Å². The Kier molecular flexibility index (Phi) is 5.28. The predicted octanol–water partition coefficient (Wildman–Crippen LogP) is 3.88. The third-order valence-electron chi connectivity index (χ3n) is 7.16. The normalized spacial score (nSPS) is 22.2. The Bertz CT molecular complexity index is 1270. The molecular weight excluding hydrogens is 452 g/mol. The molecule has 0 unspecified atom stereocenters. The minimum absolute atomic E-state index is 0.0620. The Morgan fingerprint density at radius 1 is 1.06 bits per heavy atom. The molecule has 2 fully saturated rings. The number of sulfone groups is 1. The minimum atomic E-state index is -3.03. The van der Waals surface area contributed by atoms with Crippen molar-refractivity contribution < 1.29 is 22.7 Å². The SMILES string of the molecule is CC1(NC(=O)c2ccc3c(c2)C(C)(C)C(=O)N3c2cccc(OC3CC3)c2)CCS(=O)(=O)CC1. The van der Waals surface area contributed by atoms with E-state index in [9.17, 15) is 18.0 Å². The second-order valence-corrected chi connectivity index (χ2v) is 12.8. The summed E-state index contributed by atoms with van der Waals surface area (Å²) >= 11 is 0. The average Bonchev–Trinajstić information content (AvgIpc) is 3.57. The second-order valence-electron chi connectivity index (χ2n) is 10.5. The number of hydrogen-bond acceptors (Lipinski definition) is 5. The predicted molar refractivity (Wildman–Crippen MR) is 130 cm³/mol. The van der Waals surface area contributed by atoms with Crippen LogP contribution >= 0.6 is 0 Å². The van der Waals surface area contributed by atoms with Gasteiger partial charge in [0.1, 0.15) is 15.6 Å². The first-order valence-corrected chi connectivity index (χ1v) is 13.6. The van der Waals surface area contributed by atoms with Gasteiger partial charge in [-0.05, 0) is 82.3 Å². The van der Waals surface area contributed by atoms with Gasteiger partial charge in [-0.2, -0.15) is 0 Å². The first kappa shape index (κ1) is 22.9. The molecule has 1 aliphatic carbocycles. The Balaban J connectivity index is 1.42. The van der Waals surface area contributed by atoms with Crippen molar-refractivity contribution in [3.05, 3.63) is 53.6 Å². The Labute approximate surface area is 200 Å². The van der Waals surface area contributed by atoms with E-state index in [0.717, 1.165) is 35.5 Å². The second kappa shape index (κ2) is 7.83. The molecule has 1 saturated heterocycles. The fraction of sp³-hybridized carbons (Fsp3) is 0.462. The number of hydrogen-bond donors (Lipinski definition) is 1. The molecule has 2 aromatic rings. The molecular formula is C26H30N2O5S. The van der Waals surface area contributed by atoms with E-state index in [0.29, 0.717) is 18.4 Å². The van der Waals surface area contributed by atoms with Crippen LogP contribution in [0, 0.1) is 0 Å². The van der Waals surface area contributed by atoms with Gasteiger partial charge in [-0.3, -0.25) is 14.5 Å². The van der Waals surface area contributed by atoms with E-state index < -0.39 is 20.8 Å². The van der Waals surface area contributed by atoms with Gasteiger partial charge >= 0.3 is 0 Å². The van der Waals surface area contributed by atoms with Crippen molar-refractivity contribution >= 4 is 33.0 Å². The van der Waals surface area contributed by atoms with Crippen molar-refractivity contribution in [3.8, 4) is 5.75 Å². The van der Waals surface area contributed by atoms with Gasteiger partial charge in [-0.25, -0.2) is 8.42 Å². The van der Waals surface area contributed by atoms with Gasteiger partial charge in [-0.15, -0.1) is 0 Å². The van der Waals surface area contributed by atoms with Crippen LogP contribution in [0.2, 0.25) is 0 Å². The quantitative estimate of drug-likeness (QED) is 0.698. The van der Waals surface area contributed by atoms with Crippen LogP contribution in [0.1, 0.15) is 62.4 Å². The summed E-state index contributed by atoms with van der Waals surface area (Å²) in [6.45, 7) is 5.63. The van der Waals surface area contributed by atoms with Crippen LogP contribution in [0.5, 0.6) is 5.75 Å². The van der Waals surface area contributed by atoms with E-state index in [-0.39, 0.29) is 29.4 Å². The van der Waals surface area contributed by atoms with Crippen LogP contribution in [0.4, 0.5) is 11.4 Å². The number of anilines is 2. The molecule has 0 radical (unpaired) electrons. The monoisotopic (exact) mass is 482 g/mol. The molecule has 5 rings (SSSR count). The van der Waals surface area contributed by atoms with E-state index >= 15 is 0 Å². The van der Waals surface area contributed by atoms with Crippen molar-refractivity contribution in [2.75, 3.05) is 16.4 Å². The number of benzene rings is 2. The topological polar surface area (TPSA) is 92.8 Å². The summed E-state index contributed by atoms with van der Waals surface area (Å²) in [7, 11) is -3.03. The summed E-state index contributed by atoms with van der Waals surface area (Å²) in [5.41, 5.74) is 1.37. The number of carbonyl (C=O) groups is 2. The number of rotatable bonds is 5. The highest BCUT2D eigenvalue weighted by Gasteiger charge is 2.45. The van der Waals surface area contributed by atoms with Crippen LogP contribution in [0.15, 0.2) is 42.5 Å². The standard InChI is InChI=1S/C26H30N2O5S/c1-25(2)21-15-17(23(29)27-26(3)11-13-34(31,32)14-12-26)7-10-22(21)28(24(25)30)18-5-4-6-20(16-18)33-19-8-9-19/h4-7,10,15-16,19H,8-9,11-14H2,1-3H3,(H,27,29). The van der Waals surface area contributed by atoms with Gasteiger partial charge in [0.25, 0.3) is 5.91 Å². The van der Waals surface area contributed by atoms with Crippen LogP contribution in [0.25, 0.3) is 0 Å². The lowest BCUT2D eigenvalue weighted by atomic mass is 9.85. The number of nitrogens with zero attached hydrogens (tertiary/aromatic N) is 1. The number of ether oxygens (including phenoxy) is 1. The molecule has 34 heavy (non-hydrogen) atoms. The molecule has 3 aliphatic rings. The molecule has 1 saturated carbocycles. The molecule has 2 heterocycles. The van der Waals surface area contributed by atoms with E-state index in [1.54, 1.807) is 17.0 Å². The minimum Gasteiger partial charge on any atom is -0.490 e. The lowest BCUT2D eigenvalue weighted by Crippen LogP contribution is -2.50. The van der Waals surface area contributed by atoms with Gasteiger partial charge in [0.05, 0.1) is 34.4 Å². The summed E-state index contributed by atoms with van der Waals surface area (Å²) in [4.78, 5) is 28.3. The molecule has 1 N–H and O–H groups in total. The highest BCUT2D eigenvalue weighted by atomic mass is 32.2. The molecule has 0 atom stereocenters. The summed E-state index contributed by atoms with van der Waals surface area (Å²) in [5, 5.41) is 3.04. The highest BCUT2D eigenvalue weighted by Crippen LogP contribution is 2.46. The van der Waals surface area contributed by atoms with Crippen molar-refractivity contribution in [1.82, 2.24) is 5.32 Å². The maximum absolute atomic E-state index is 13.5. The van der Waals surface area contributed by atoms with Crippen LogP contribution in [-0.2, 0) is 20.0 Å². The Hall–Kier alpha value is -2.87. The summed E-state index contributed by atoms with van der Waals surface area (Å²) < 4.78 is 29.5. The molecule has 2 aromatic carbocycles. The Morgan fingerprint density at radius 2 is 1.76 bits per heavy atom. The largest absolute Gasteiger partial charge is 0.490 e. The van der Waals surface area contributed by atoms with Gasteiger partial charge in [0.2, 0.25) is 5.91 Å². The molecule has 0 spiro atoms. The molecule has 0 aromatic heterocycles. The number of fused-ring (bicyclic) bond motifs is 1. The molecule has 2 amide bonds. The summed E-state index contributed by atoms with van der Waals surface area (Å²) in [5.74, 6) is 0.583. The molecule has 180 valence electrons. The number of nitrogens with one attached hydrogen (secondary N) is 1. The molecule has 2 aliphatic heterocycles. The lowest BCUT2D eigenvalue weighted by Gasteiger charge is -2.34. The third kappa shape index (κ3) is 4.19. The van der Waals surface area contributed by atoms with Crippen LogP contribution in [-0.4, -0.2) is 43.4 Å². The molecule has 7 nitrogen and oxygen atoms in total. The summed E-state index contributed by atoms with van der Waals surface area (Å²) in [6.07, 6.45) is 3.16. The van der Waals surface area contributed by atoms with Gasteiger partial charge < -0.3 is 10.1 Å². The van der Waals surface area contributed by atoms with Crippen molar-refractivity contribution in [1.29, 1.82) is 0 Å². The maximum Gasteiger partial charge on any atom is 0.251 e. The van der Waals surface area contributed by atoms with Crippen LogP contribution in [0.3, 0.4) is 0 Å². The summed E-state index contributed by atoms with van der Waals surface area (Å²) in [6, 6.07) is 12.9. The van der Waals surface area contributed by atoms with Gasteiger partial charge in [-0.1, -0.05) is 6.07 Å². The van der Waals surface area contributed by atoms with Crippen molar-refractivity contribution in [2.45, 2.75) is 63.5 Å². The fourth-order valence-electron chi connectivity index (χ4n) is 4.67.